The van der Waals surface area contributed by atoms with Gasteiger partial charge in [0.25, 0.3) is 0 Å². The summed E-state index contributed by atoms with van der Waals surface area (Å²) in [4.78, 5) is 72.3. The molecule has 0 radical (unpaired) electrons. The average molecular weight is 1260 g/mol. The highest BCUT2D eigenvalue weighted by molar-refractivity contribution is 7.80. The average Bonchev–Trinajstić information content (AvgIpc) is 1.81. The monoisotopic (exact) mass is 1260 g/mol. The van der Waals surface area contributed by atoms with E-state index in [0.29, 0.717) is 171 Å². The number of carbonyl (C=O) groups is 3. The first-order valence-electron chi connectivity index (χ1n) is 30.9. The minimum Gasteiger partial charge on any atom is -0.477 e. The molecule has 0 saturated carbocycles. The number of hydrogen-bond acceptors (Lipinski definition) is 18. The number of likely N-dealkylation sites (tertiary alicyclic amines) is 1. The zero-order valence-electron chi connectivity index (χ0n) is 50.6. The van der Waals surface area contributed by atoms with Crippen LogP contribution < -0.4 is 25.2 Å². The van der Waals surface area contributed by atoms with Crippen LogP contribution in [0.25, 0.3) is 15.6 Å². The molecule has 4 aliphatic heterocycles. The third-order valence-electron chi connectivity index (χ3n) is 16.4. The van der Waals surface area contributed by atoms with Crippen LogP contribution in [0.1, 0.15) is 82.1 Å². The first-order chi connectivity index (χ1) is 43.4. The number of ether oxygens (including phenoxy) is 5. The molecule has 0 aliphatic carbocycles. The van der Waals surface area contributed by atoms with Crippen molar-refractivity contribution in [3.05, 3.63) is 130 Å². The van der Waals surface area contributed by atoms with E-state index in [1.54, 1.807) is 11.0 Å². The summed E-state index contributed by atoms with van der Waals surface area (Å²) in [5, 5.41) is 29.1. The van der Waals surface area contributed by atoms with Gasteiger partial charge in [-0.25, -0.2) is 26.1 Å². The molecule has 2 atom stereocenters. The SMILES string of the molecule is [C-]#[N+]C[C@H]1CN(c2nc(OC[C@@H]3CCCN3CCCCCCNC(=S)Nc3cc(CN4CCOCCOCCN(Cc5cccc(C(=O)O)n5)CCOCCOCC4)nc(C(=O)O)c3)nc3c2CCN(c2cccc4cccc(Cl)c24)C3)CCN1C(=O)C=C. The van der Waals surface area contributed by atoms with Crippen LogP contribution in [0, 0.1) is 6.57 Å². The summed E-state index contributed by atoms with van der Waals surface area (Å²) in [6, 6.07) is 20.8. The highest BCUT2D eigenvalue weighted by Gasteiger charge is 2.35. The number of amides is 1. The van der Waals surface area contributed by atoms with E-state index in [9.17, 15) is 24.6 Å². The summed E-state index contributed by atoms with van der Waals surface area (Å²) in [6.07, 6.45) is 8.10. The maximum atomic E-state index is 12.9. The number of hydrogen-bond donors (Lipinski definition) is 4. The van der Waals surface area contributed by atoms with Gasteiger partial charge in [0.15, 0.2) is 10.8 Å². The minimum atomic E-state index is -1.15. The number of piperazine rings is 1. The van der Waals surface area contributed by atoms with Crippen molar-refractivity contribution in [2.75, 3.05) is 153 Å². The Kier molecular flexibility index (Phi) is 25.4. The molecule has 0 unspecified atom stereocenters. The Balaban J connectivity index is 0.722. The maximum absolute atomic E-state index is 12.9. The lowest BCUT2D eigenvalue weighted by atomic mass is 10.0. The number of carboxylic acids is 2. The number of nitrogens with zero attached hydrogens (tertiary/aromatic N) is 11. The number of benzene rings is 2. The van der Waals surface area contributed by atoms with Crippen molar-refractivity contribution < 1.29 is 48.3 Å². The number of carboxylic acid groups (broad SMARTS) is 2. The molecular weight excluding hydrogens is 1180 g/mol. The van der Waals surface area contributed by atoms with Gasteiger partial charge in [-0.1, -0.05) is 61.4 Å². The van der Waals surface area contributed by atoms with E-state index in [1.807, 2.05) is 24.3 Å². The molecule has 89 heavy (non-hydrogen) atoms. The molecule has 1 amide bonds. The summed E-state index contributed by atoms with van der Waals surface area (Å²) < 4.78 is 30.3. The molecule has 5 aromatic rings. The van der Waals surface area contributed by atoms with Crippen molar-refractivity contribution in [2.24, 2.45) is 0 Å². The molecule has 3 saturated heterocycles. The van der Waals surface area contributed by atoms with E-state index in [4.69, 9.17) is 64.0 Å². The van der Waals surface area contributed by atoms with E-state index in [0.717, 1.165) is 91.7 Å². The van der Waals surface area contributed by atoms with Crippen LogP contribution in [-0.2, 0) is 49.8 Å². The lowest BCUT2D eigenvalue weighted by molar-refractivity contribution is -0.128. The fourth-order valence-corrected chi connectivity index (χ4v) is 12.3. The number of fused-ring (bicyclic) bond motifs is 2. The predicted octanol–water partition coefficient (Wildman–Crippen LogP) is 6.93. The first-order valence-corrected chi connectivity index (χ1v) is 31.7. The summed E-state index contributed by atoms with van der Waals surface area (Å²) in [6.45, 7) is 23.7. The van der Waals surface area contributed by atoms with Gasteiger partial charge < -0.3 is 64.1 Å². The van der Waals surface area contributed by atoms with E-state index >= 15 is 0 Å². The molecule has 9 rings (SSSR count). The van der Waals surface area contributed by atoms with Gasteiger partial charge >= 0.3 is 17.9 Å². The molecular formula is C64H82ClN13O10S. The molecule has 4 N–H and O–H groups in total. The van der Waals surface area contributed by atoms with E-state index < -0.39 is 11.9 Å². The number of aromatic carboxylic acids is 2. The Labute approximate surface area is 531 Å². The molecule has 3 fully saturated rings. The van der Waals surface area contributed by atoms with Gasteiger partial charge in [0.05, 0.1) is 81.5 Å². The first kappa shape index (κ1) is 66.2. The van der Waals surface area contributed by atoms with Crippen molar-refractivity contribution in [2.45, 2.75) is 76.7 Å². The second-order valence-electron chi connectivity index (χ2n) is 22.5. The molecule has 4 aliphatic rings. The largest absolute Gasteiger partial charge is 0.477 e. The second kappa shape index (κ2) is 34.1. The predicted molar refractivity (Wildman–Crippen MR) is 344 cm³/mol. The van der Waals surface area contributed by atoms with Crippen molar-refractivity contribution in [1.82, 2.24) is 44.9 Å². The van der Waals surface area contributed by atoms with Crippen LogP contribution >= 0.6 is 23.8 Å². The quantitative estimate of drug-likeness (QED) is 0.0252. The van der Waals surface area contributed by atoms with Gasteiger partial charge in [0.2, 0.25) is 12.5 Å². The third-order valence-corrected chi connectivity index (χ3v) is 17.0. The molecule has 3 aromatic heterocycles. The van der Waals surface area contributed by atoms with Gasteiger partial charge in [-0.3, -0.25) is 19.5 Å². The zero-order valence-corrected chi connectivity index (χ0v) is 52.1. The number of nitrogens with one attached hydrogen (secondary N) is 2. The summed E-state index contributed by atoms with van der Waals surface area (Å²) in [7, 11) is 0. The molecule has 25 heteroatoms. The fourth-order valence-electron chi connectivity index (χ4n) is 11.9. The number of aromatic nitrogens is 4. The number of anilines is 3. The van der Waals surface area contributed by atoms with Gasteiger partial charge in [0.1, 0.15) is 24.2 Å². The number of carbonyl (C=O) groups excluding carboxylic acids is 1. The lowest BCUT2D eigenvalue weighted by Crippen LogP contribution is -2.56. The van der Waals surface area contributed by atoms with Crippen LogP contribution in [0.4, 0.5) is 17.2 Å². The van der Waals surface area contributed by atoms with Crippen LogP contribution in [0.15, 0.2) is 79.4 Å². The van der Waals surface area contributed by atoms with E-state index in [-0.39, 0.29) is 35.9 Å². The zero-order chi connectivity index (χ0) is 62.3. The van der Waals surface area contributed by atoms with Crippen molar-refractivity contribution >= 4 is 74.7 Å². The number of rotatable bonds is 21. The van der Waals surface area contributed by atoms with Gasteiger partial charge in [0, 0.05) is 100 Å². The van der Waals surface area contributed by atoms with Gasteiger partial charge in [-0.2, -0.15) is 9.97 Å². The lowest BCUT2D eigenvalue weighted by Gasteiger charge is -2.41. The summed E-state index contributed by atoms with van der Waals surface area (Å²) >= 11 is 12.5. The molecule has 0 bridgehead atoms. The third kappa shape index (κ3) is 19.4. The summed E-state index contributed by atoms with van der Waals surface area (Å²) in [5.74, 6) is -1.58. The Morgan fingerprint density at radius 1 is 0.753 bits per heavy atom. The molecule has 2 aromatic carbocycles. The smallest absolute Gasteiger partial charge is 0.354 e. The van der Waals surface area contributed by atoms with Gasteiger partial charge in [-0.05, 0) is 105 Å². The van der Waals surface area contributed by atoms with Crippen molar-refractivity contribution in [3.8, 4) is 6.01 Å². The highest BCUT2D eigenvalue weighted by atomic mass is 35.5. The summed E-state index contributed by atoms with van der Waals surface area (Å²) in [5.41, 5.74) is 4.65. The molecule has 476 valence electrons. The normalized spacial score (nSPS) is 18.9. The fraction of sp³-hybridized carbons (Fsp3) is 0.516. The number of halogens is 1. The van der Waals surface area contributed by atoms with Crippen LogP contribution in [-0.4, -0.2) is 223 Å². The second-order valence-corrected chi connectivity index (χ2v) is 23.3. The van der Waals surface area contributed by atoms with Gasteiger partial charge in [-0.15, -0.1) is 0 Å². The number of pyridine rings is 2. The van der Waals surface area contributed by atoms with E-state index in [2.05, 4.69) is 80.8 Å². The Morgan fingerprint density at radius 3 is 2.12 bits per heavy atom. The highest BCUT2D eigenvalue weighted by Crippen LogP contribution is 2.37. The van der Waals surface area contributed by atoms with E-state index in [1.165, 1.54) is 18.2 Å². The minimum absolute atomic E-state index is 0.00312. The number of unbranched alkanes of at least 4 members (excludes halogenated alkanes) is 3. The Hall–Kier alpha value is -7.18. The topological polar surface area (TPSA) is 237 Å². The Bertz CT molecular complexity index is 3230. The van der Waals surface area contributed by atoms with Crippen molar-refractivity contribution in [3.63, 3.8) is 0 Å². The molecule has 0 spiro atoms. The standard InChI is InChI=1S/C64H82ClN13O10S/c1-3-58(79)78-25-24-77(43-51(78)40-66-2)60-52-19-23-76(57-18-9-13-46-12-8-16-53(65)59(46)57)44-56(52)71-63(72-60)88-45-50-15-11-22-75(50)21-7-5-4-6-20-67-64(89)70-48-38-49(69-55(39-48)62(82)83)42-74-28-32-86-36-34-84-30-26-73(27-31-85-35-37-87-33-29-74)41-47-14-10-17-54(68-47)61(80)81/h3,8-10,12-14,16-18,38-39,50-51H,1,4-7,11,15,19-37,40-45H2,(H,80,81)(H,82,83)(H2,67,69,70,89)/t50-,51-/m0/s1. The van der Waals surface area contributed by atoms with Crippen LogP contribution in [0.2, 0.25) is 5.02 Å². The maximum Gasteiger partial charge on any atom is 0.354 e. The van der Waals surface area contributed by atoms with Crippen LogP contribution in [0.5, 0.6) is 6.01 Å². The Morgan fingerprint density at radius 2 is 1.43 bits per heavy atom. The van der Waals surface area contributed by atoms with Crippen molar-refractivity contribution in [1.29, 1.82) is 0 Å². The number of thiocarbonyl (C=S) groups is 1. The molecule has 7 heterocycles. The molecule has 23 nitrogen and oxygen atoms in total. The van der Waals surface area contributed by atoms with Crippen LogP contribution in [0.3, 0.4) is 0 Å².